The summed E-state index contributed by atoms with van der Waals surface area (Å²) in [5.74, 6) is 0.915. The molecule has 7 heteroatoms. The van der Waals surface area contributed by atoms with Gasteiger partial charge in [-0.15, -0.1) is 0 Å². The second-order valence-electron chi connectivity index (χ2n) is 6.56. The molecular weight excluding hydrogens is 332 g/mol. The van der Waals surface area contributed by atoms with Gasteiger partial charge in [-0.25, -0.2) is 4.79 Å². The zero-order valence-electron chi connectivity index (χ0n) is 15.7. The summed E-state index contributed by atoms with van der Waals surface area (Å²) < 4.78 is 11.1. The molecule has 0 aliphatic carbocycles. The number of benzene rings is 1. The number of nitrogens with one attached hydrogen (secondary N) is 1. The molecule has 0 atom stereocenters. The van der Waals surface area contributed by atoms with E-state index in [-0.39, 0.29) is 6.03 Å². The second-order valence-corrected chi connectivity index (χ2v) is 6.56. The van der Waals surface area contributed by atoms with Gasteiger partial charge in [0, 0.05) is 52.4 Å². The molecule has 1 N–H and O–H groups in total. The van der Waals surface area contributed by atoms with Crippen molar-refractivity contribution in [2.45, 2.75) is 6.92 Å². The van der Waals surface area contributed by atoms with E-state index in [9.17, 15) is 4.79 Å². The van der Waals surface area contributed by atoms with Crippen LogP contribution in [0.25, 0.3) is 0 Å². The SMILES string of the molecule is CCOc1ccccc1N1CCN(C(=O)NCCN2CCOCC2)CC1. The molecule has 1 aromatic rings. The Morgan fingerprint density at radius 2 is 1.85 bits per heavy atom. The first-order valence-electron chi connectivity index (χ1n) is 9.57. The molecule has 0 unspecified atom stereocenters. The van der Waals surface area contributed by atoms with Crippen molar-refractivity contribution < 1.29 is 14.3 Å². The maximum atomic E-state index is 12.4. The lowest BCUT2D eigenvalue weighted by Crippen LogP contribution is -2.53. The minimum Gasteiger partial charge on any atom is -0.492 e. The van der Waals surface area contributed by atoms with Crippen molar-refractivity contribution in [2.24, 2.45) is 0 Å². The van der Waals surface area contributed by atoms with Crippen LogP contribution in [0.3, 0.4) is 0 Å². The molecule has 2 aliphatic rings. The zero-order chi connectivity index (χ0) is 18.2. The Morgan fingerprint density at radius 1 is 1.12 bits per heavy atom. The molecule has 3 rings (SSSR count). The van der Waals surface area contributed by atoms with E-state index in [1.54, 1.807) is 0 Å². The molecule has 0 radical (unpaired) electrons. The van der Waals surface area contributed by atoms with Gasteiger partial charge < -0.3 is 24.6 Å². The zero-order valence-corrected chi connectivity index (χ0v) is 15.7. The van der Waals surface area contributed by atoms with E-state index in [0.29, 0.717) is 13.2 Å². The Kier molecular flexibility index (Phi) is 6.96. The fourth-order valence-corrected chi connectivity index (χ4v) is 3.40. The maximum Gasteiger partial charge on any atom is 0.317 e. The first-order valence-corrected chi connectivity index (χ1v) is 9.57. The lowest BCUT2D eigenvalue weighted by molar-refractivity contribution is 0.0386. The average molecular weight is 362 g/mol. The van der Waals surface area contributed by atoms with E-state index in [1.807, 2.05) is 30.0 Å². The predicted molar refractivity (Wildman–Crippen MR) is 102 cm³/mol. The highest BCUT2D eigenvalue weighted by Crippen LogP contribution is 2.28. The van der Waals surface area contributed by atoms with Crippen LogP contribution >= 0.6 is 0 Å². The molecule has 1 aromatic carbocycles. The fourth-order valence-electron chi connectivity index (χ4n) is 3.40. The molecule has 2 heterocycles. The number of nitrogens with zero attached hydrogens (tertiary/aromatic N) is 3. The van der Waals surface area contributed by atoms with Crippen LogP contribution in [0, 0.1) is 0 Å². The number of ether oxygens (including phenoxy) is 2. The van der Waals surface area contributed by atoms with Gasteiger partial charge in [-0.05, 0) is 19.1 Å². The molecule has 7 nitrogen and oxygen atoms in total. The molecule has 2 fully saturated rings. The third kappa shape index (κ3) is 5.02. The van der Waals surface area contributed by atoms with Crippen molar-refractivity contribution in [3.63, 3.8) is 0 Å². The fraction of sp³-hybridized carbons (Fsp3) is 0.632. The number of para-hydroxylation sites is 2. The van der Waals surface area contributed by atoms with Crippen LogP contribution < -0.4 is 15.0 Å². The number of anilines is 1. The monoisotopic (exact) mass is 362 g/mol. The van der Waals surface area contributed by atoms with E-state index in [0.717, 1.165) is 70.5 Å². The first-order chi connectivity index (χ1) is 12.8. The summed E-state index contributed by atoms with van der Waals surface area (Å²) in [6, 6.07) is 8.15. The molecule has 2 amide bonds. The van der Waals surface area contributed by atoms with Crippen molar-refractivity contribution in [3.05, 3.63) is 24.3 Å². The maximum absolute atomic E-state index is 12.4. The number of carbonyl (C=O) groups is 1. The van der Waals surface area contributed by atoms with Crippen LogP contribution in [-0.2, 0) is 4.74 Å². The van der Waals surface area contributed by atoms with Crippen LogP contribution in [0.2, 0.25) is 0 Å². The summed E-state index contributed by atoms with van der Waals surface area (Å²) in [4.78, 5) is 18.9. The summed E-state index contributed by atoms with van der Waals surface area (Å²) in [6.07, 6.45) is 0. The average Bonchev–Trinajstić information content (AvgIpc) is 2.70. The van der Waals surface area contributed by atoms with E-state index in [4.69, 9.17) is 9.47 Å². The van der Waals surface area contributed by atoms with Gasteiger partial charge in [0.25, 0.3) is 0 Å². The standard InChI is InChI=1S/C19H30N4O3/c1-2-26-18-6-4-3-5-17(18)22-9-11-23(12-10-22)19(24)20-7-8-21-13-15-25-16-14-21/h3-6H,2,7-16H2,1H3,(H,20,24). The predicted octanol–water partition coefficient (Wildman–Crippen LogP) is 1.25. The normalized spacial score (nSPS) is 18.7. The quantitative estimate of drug-likeness (QED) is 0.825. The van der Waals surface area contributed by atoms with Gasteiger partial charge in [-0.1, -0.05) is 12.1 Å². The molecule has 0 bridgehead atoms. The van der Waals surface area contributed by atoms with Gasteiger partial charge in [-0.3, -0.25) is 4.90 Å². The van der Waals surface area contributed by atoms with Crippen molar-refractivity contribution in [1.82, 2.24) is 15.1 Å². The minimum absolute atomic E-state index is 0.0380. The summed E-state index contributed by atoms with van der Waals surface area (Å²) in [5.41, 5.74) is 1.11. The van der Waals surface area contributed by atoms with Gasteiger partial charge in [0.2, 0.25) is 0 Å². The van der Waals surface area contributed by atoms with E-state index in [2.05, 4.69) is 21.2 Å². The number of urea groups is 1. The van der Waals surface area contributed by atoms with Gasteiger partial charge in [0.15, 0.2) is 0 Å². The van der Waals surface area contributed by atoms with Crippen LogP contribution in [0.15, 0.2) is 24.3 Å². The van der Waals surface area contributed by atoms with Gasteiger partial charge in [-0.2, -0.15) is 0 Å². The Hall–Kier alpha value is -1.99. The number of amides is 2. The molecule has 2 saturated heterocycles. The van der Waals surface area contributed by atoms with Crippen molar-refractivity contribution in [2.75, 3.05) is 77.1 Å². The lowest BCUT2D eigenvalue weighted by Gasteiger charge is -2.36. The highest BCUT2D eigenvalue weighted by Gasteiger charge is 2.22. The van der Waals surface area contributed by atoms with Crippen LogP contribution in [0.1, 0.15) is 6.92 Å². The molecule has 0 spiro atoms. The van der Waals surface area contributed by atoms with Crippen molar-refractivity contribution >= 4 is 11.7 Å². The summed E-state index contributed by atoms with van der Waals surface area (Å²) in [7, 11) is 0. The highest BCUT2D eigenvalue weighted by molar-refractivity contribution is 5.74. The third-order valence-electron chi connectivity index (χ3n) is 4.88. The lowest BCUT2D eigenvalue weighted by atomic mass is 10.2. The number of hydrogen-bond acceptors (Lipinski definition) is 5. The Labute approximate surface area is 155 Å². The van der Waals surface area contributed by atoms with Gasteiger partial charge in [0.05, 0.1) is 25.5 Å². The Bertz CT molecular complexity index is 570. The van der Waals surface area contributed by atoms with Crippen LogP contribution in [0.4, 0.5) is 10.5 Å². The molecule has 2 aliphatic heterocycles. The Morgan fingerprint density at radius 3 is 2.58 bits per heavy atom. The Balaban J connectivity index is 1.42. The van der Waals surface area contributed by atoms with Crippen molar-refractivity contribution in [1.29, 1.82) is 0 Å². The van der Waals surface area contributed by atoms with E-state index >= 15 is 0 Å². The first kappa shape index (κ1) is 18.8. The molecule has 144 valence electrons. The summed E-state index contributed by atoms with van der Waals surface area (Å²) in [6.45, 7) is 10.8. The van der Waals surface area contributed by atoms with E-state index < -0.39 is 0 Å². The van der Waals surface area contributed by atoms with Crippen LogP contribution in [-0.4, -0.2) is 88.0 Å². The number of rotatable bonds is 6. The topological polar surface area (TPSA) is 57.3 Å². The minimum atomic E-state index is 0.0380. The molecule has 0 aromatic heterocycles. The molecule has 0 saturated carbocycles. The highest BCUT2D eigenvalue weighted by atomic mass is 16.5. The second kappa shape index (κ2) is 9.64. The molecular formula is C19H30N4O3. The van der Waals surface area contributed by atoms with Crippen LogP contribution in [0.5, 0.6) is 5.75 Å². The molecule has 26 heavy (non-hydrogen) atoms. The van der Waals surface area contributed by atoms with Gasteiger partial charge >= 0.3 is 6.03 Å². The number of hydrogen-bond donors (Lipinski definition) is 1. The van der Waals surface area contributed by atoms with Gasteiger partial charge in [0.1, 0.15) is 5.75 Å². The smallest absolute Gasteiger partial charge is 0.317 e. The number of piperazine rings is 1. The summed E-state index contributed by atoms with van der Waals surface area (Å²) >= 11 is 0. The van der Waals surface area contributed by atoms with Crippen molar-refractivity contribution in [3.8, 4) is 5.75 Å². The number of carbonyl (C=O) groups excluding carboxylic acids is 1. The largest absolute Gasteiger partial charge is 0.492 e. The van der Waals surface area contributed by atoms with E-state index in [1.165, 1.54) is 0 Å². The third-order valence-corrected chi connectivity index (χ3v) is 4.88. The summed E-state index contributed by atoms with van der Waals surface area (Å²) in [5, 5.41) is 3.05. The number of morpholine rings is 1.